The maximum Gasteiger partial charge on any atom is 0.323 e. The molecule has 3 fully saturated rings. The zero-order valence-electron chi connectivity index (χ0n) is 8.44. The monoisotopic (exact) mass is 274 g/mol. The minimum absolute atomic E-state index is 0.895. The van der Waals surface area contributed by atoms with Gasteiger partial charge in [0, 0.05) is 0 Å². The Labute approximate surface area is 95.6 Å². The van der Waals surface area contributed by atoms with E-state index in [-0.39, 0.29) is 0 Å². The second-order valence-electron chi connectivity index (χ2n) is 5.20. The van der Waals surface area contributed by atoms with Crippen molar-refractivity contribution in [3.05, 3.63) is 12.2 Å². The molecule has 100 valence electrons. The van der Waals surface area contributed by atoms with E-state index in [1.165, 1.54) is 0 Å². The predicted octanol–water partition coefficient (Wildman–Crippen LogP) is 2.57. The molecule has 1 nitrogen and oxygen atoms in total. The van der Waals surface area contributed by atoms with Crippen molar-refractivity contribution in [2.24, 2.45) is 11.3 Å². The van der Waals surface area contributed by atoms with Crippen LogP contribution in [0.4, 0.5) is 30.7 Å². The van der Waals surface area contributed by atoms with Crippen molar-refractivity contribution in [1.82, 2.24) is 0 Å². The summed E-state index contributed by atoms with van der Waals surface area (Å²) in [5.41, 5.74) is -6.86. The molecule has 0 amide bonds. The Morgan fingerprint density at radius 3 is 1.94 bits per heavy atom. The van der Waals surface area contributed by atoms with Gasteiger partial charge in [0.25, 0.3) is 5.92 Å². The molecule has 0 aromatic heterocycles. The van der Waals surface area contributed by atoms with E-state index in [0.29, 0.717) is 0 Å². The second kappa shape index (κ2) is 2.21. The van der Waals surface area contributed by atoms with Gasteiger partial charge in [-0.05, 0) is 0 Å². The fourth-order valence-corrected chi connectivity index (χ4v) is 4.12. The highest BCUT2D eigenvalue weighted by Crippen LogP contribution is 2.90. The van der Waals surface area contributed by atoms with E-state index >= 15 is 0 Å². The number of ether oxygens (including phenoxy) is 1. The molecule has 2 saturated carbocycles. The van der Waals surface area contributed by atoms with Crippen molar-refractivity contribution >= 4 is 0 Å². The number of halogens is 7. The Balaban J connectivity index is 1.99. The van der Waals surface area contributed by atoms with Crippen molar-refractivity contribution < 1.29 is 35.5 Å². The third-order valence-corrected chi connectivity index (χ3v) is 4.80. The topological polar surface area (TPSA) is 9.23 Å². The van der Waals surface area contributed by atoms with Crippen LogP contribution in [0.25, 0.3) is 0 Å². The first-order valence-electron chi connectivity index (χ1n) is 5.24. The average Bonchev–Trinajstić information content (AvgIpc) is 2.77. The van der Waals surface area contributed by atoms with Crippen LogP contribution in [0, 0.1) is 11.3 Å². The van der Waals surface area contributed by atoms with Crippen LogP contribution in [0.3, 0.4) is 0 Å². The summed E-state index contributed by atoms with van der Waals surface area (Å²) in [6.07, 6.45) is -1.73. The van der Waals surface area contributed by atoms with E-state index in [1.54, 1.807) is 0 Å². The van der Waals surface area contributed by atoms with Crippen LogP contribution in [0.1, 0.15) is 0 Å². The fourth-order valence-electron chi connectivity index (χ4n) is 4.12. The molecule has 2 aliphatic carbocycles. The van der Waals surface area contributed by atoms with Gasteiger partial charge in [0.05, 0.1) is 6.10 Å². The lowest BCUT2D eigenvalue weighted by molar-refractivity contribution is -0.536. The lowest BCUT2D eigenvalue weighted by Crippen LogP contribution is -2.97. The van der Waals surface area contributed by atoms with Gasteiger partial charge in [0.2, 0.25) is 5.67 Å². The van der Waals surface area contributed by atoms with E-state index in [9.17, 15) is 30.7 Å². The Bertz CT molecular complexity index is 500. The predicted molar refractivity (Wildman–Crippen MR) is 42.4 cm³/mol. The van der Waals surface area contributed by atoms with Gasteiger partial charge in [-0.15, -0.1) is 0 Å². The summed E-state index contributed by atoms with van der Waals surface area (Å²) in [5.74, 6) is -17.3. The molecule has 0 aromatic carbocycles. The molecular weight excluding hydrogens is 269 g/mol. The van der Waals surface area contributed by atoms with Crippen LogP contribution in [-0.4, -0.2) is 35.6 Å². The Kier molecular flexibility index (Phi) is 1.36. The first-order valence-corrected chi connectivity index (χ1v) is 5.24. The molecule has 0 aromatic rings. The maximum atomic E-state index is 14.3. The Morgan fingerprint density at radius 1 is 0.778 bits per heavy atom. The summed E-state index contributed by atoms with van der Waals surface area (Å²) in [7, 11) is 0. The smallest absolute Gasteiger partial charge is 0.323 e. The molecule has 8 heteroatoms. The van der Waals surface area contributed by atoms with Crippen LogP contribution < -0.4 is 0 Å². The minimum Gasteiger partial charge on any atom is -0.362 e. The minimum atomic E-state index is -4.91. The van der Waals surface area contributed by atoms with Crippen LogP contribution in [0.15, 0.2) is 12.2 Å². The molecule has 5 unspecified atom stereocenters. The summed E-state index contributed by atoms with van der Waals surface area (Å²) in [6.45, 7) is 0. The van der Waals surface area contributed by atoms with E-state index in [2.05, 4.69) is 4.74 Å². The number of fused-ring (bicyclic) bond motifs is 3. The molecule has 2 aliphatic heterocycles. The van der Waals surface area contributed by atoms with Gasteiger partial charge in [-0.2, -0.15) is 17.6 Å². The SMILES string of the molecule is FC1(F)C2C(F)(F)C3(F)C4C=CC(O4)C23C1(F)F. The summed E-state index contributed by atoms with van der Waals surface area (Å²) in [6, 6.07) is 0. The standard InChI is InChI=1S/C10H5F7O/c11-7-4-2-1-3(18-4)6(7)5(8(7,12)13)9(14,15)10(6,16)17/h1-5H. The molecule has 1 spiro atoms. The molecule has 4 aliphatic rings. The highest BCUT2D eigenvalue weighted by atomic mass is 19.3. The lowest BCUT2D eigenvalue weighted by atomic mass is 9.32. The van der Waals surface area contributed by atoms with Crippen LogP contribution >= 0.6 is 0 Å². The Hall–Kier alpha value is -0.790. The van der Waals surface area contributed by atoms with Gasteiger partial charge in [-0.1, -0.05) is 12.2 Å². The second-order valence-corrected chi connectivity index (χ2v) is 5.20. The number of rotatable bonds is 0. The summed E-state index contributed by atoms with van der Waals surface area (Å²) < 4.78 is 99.6. The quantitative estimate of drug-likeness (QED) is 0.487. The van der Waals surface area contributed by atoms with Crippen LogP contribution in [0.2, 0.25) is 0 Å². The number of hydrogen-bond acceptors (Lipinski definition) is 1. The summed E-state index contributed by atoms with van der Waals surface area (Å²) in [4.78, 5) is 0. The molecular formula is C10H5F7O. The molecule has 4 rings (SSSR count). The summed E-state index contributed by atoms with van der Waals surface area (Å²) >= 11 is 0. The van der Waals surface area contributed by atoms with Crippen LogP contribution in [-0.2, 0) is 4.74 Å². The van der Waals surface area contributed by atoms with E-state index in [4.69, 9.17) is 0 Å². The normalized spacial score (nSPS) is 59.6. The fraction of sp³-hybridized carbons (Fsp3) is 0.800. The van der Waals surface area contributed by atoms with Crippen molar-refractivity contribution in [3.8, 4) is 0 Å². The molecule has 18 heavy (non-hydrogen) atoms. The molecule has 2 bridgehead atoms. The van der Waals surface area contributed by atoms with Gasteiger partial charge in [0.15, 0.2) is 0 Å². The average molecular weight is 274 g/mol. The largest absolute Gasteiger partial charge is 0.362 e. The van der Waals surface area contributed by atoms with E-state index in [1.807, 2.05) is 0 Å². The van der Waals surface area contributed by atoms with Gasteiger partial charge >= 0.3 is 11.8 Å². The van der Waals surface area contributed by atoms with Crippen molar-refractivity contribution in [1.29, 1.82) is 0 Å². The van der Waals surface area contributed by atoms with E-state index < -0.39 is 47.0 Å². The highest BCUT2D eigenvalue weighted by molar-refractivity contribution is 5.51. The lowest BCUT2D eigenvalue weighted by Gasteiger charge is -2.74. The summed E-state index contributed by atoms with van der Waals surface area (Å²) in [5, 5.41) is 0. The van der Waals surface area contributed by atoms with Gasteiger partial charge in [0.1, 0.15) is 17.4 Å². The zero-order valence-corrected chi connectivity index (χ0v) is 8.44. The van der Waals surface area contributed by atoms with Crippen LogP contribution in [0.5, 0.6) is 0 Å². The Morgan fingerprint density at radius 2 is 1.33 bits per heavy atom. The van der Waals surface area contributed by atoms with Crippen molar-refractivity contribution in [2.75, 3.05) is 0 Å². The maximum absolute atomic E-state index is 14.3. The molecule has 1 saturated heterocycles. The highest BCUT2D eigenvalue weighted by Gasteiger charge is 3.12. The number of alkyl halides is 7. The molecule has 0 N–H and O–H groups in total. The molecule has 0 radical (unpaired) electrons. The zero-order chi connectivity index (χ0) is 13.4. The molecule has 5 atom stereocenters. The number of hydrogen-bond donors (Lipinski definition) is 0. The van der Waals surface area contributed by atoms with Crippen molar-refractivity contribution in [3.63, 3.8) is 0 Å². The third kappa shape index (κ3) is 0.558. The van der Waals surface area contributed by atoms with Crippen molar-refractivity contribution in [2.45, 2.75) is 35.6 Å². The first kappa shape index (κ1) is 11.1. The molecule has 2 heterocycles. The van der Waals surface area contributed by atoms with Gasteiger partial charge < -0.3 is 4.74 Å². The van der Waals surface area contributed by atoms with Gasteiger partial charge in [-0.3, -0.25) is 0 Å². The third-order valence-electron chi connectivity index (χ3n) is 4.80. The van der Waals surface area contributed by atoms with Gasteiger partial charge in [-0.25, -0.2) is 13.2 Å². The van der Waals surface area contributed by atoms with E-state index in [0.717, 1.165) is 12.2 Å². The first-order chi connectivity index (χ1) is 8.08.